The molecule has 2 heterocycles. The molecular weight excluding hydrogens is 314 g/mol. The Morgan fingerprint density at radius 3 is 2.84 bits per heavy atom. The number of hydrogen-bond acceptors (Lipinski definition) is 5. The van der Waals surface area contributed by atoms with Crippen LogP contribution in [-0.4, -0.2) is 23.5 Å². The summed E-state index contributed by atoms with van der Waals surface area (Å²) in [5, 5.41) is 8.37. The van der Waals surface area contributed by atoms with Gasteiger partial charge in [0.05, 0.1) is 5.71 Å². The number of benzene rings is 1. The lowest BCUT2D eigenvalue weighted by atomic mass is 9.91. The zero-order chi connectivity index (χ0) is 17.3. The number of oxime groups is 2. The van der Waals surface area contributed by atoms with Gasteiger partial charge in [0, 0.05) is 29.7 Å². The van der Waals surface area contributed by atoms with Crippen LogP contribution >= 0.6 is 0 Å². The van der Waals surface area contributed by atoms with Crippen LogP contribution in [0.5, 0.6) is 0 Å². The van der Waals surface area contributed by atoms with E-state index in [1.54, 1.807) is 7.11 Å². The van der Waals surface area contributed by atoms with Crippen molar-refractivity contribution in [2.24, 2.45) is 10.3 Å². The van der Waals surface area contributed by atoms with Crippen molar-refractivity contribution in [3.63, 3.8) is 0 Å². The monoisotopic (exact) mass is 331 g/mol. The summed E-state index contributed by atoms with van der Waals surface area (Å²) in [4.78, 5) is 15.2. The van der Waals surface area contributed by atoms with Crippen LogP contribution in [0.4, 0.5) is 0 Å². The highest BCUT2D eigenvalue weighted by molar-refractivity contribution is 6.08. The van der Waals surface area contributed by atoms with Crippen LogP contribution in [0.1, 0.15) is 35.4 Å². The molecule has 1 aromatic carbocycles. The molecule has 2 aliphatic rings. The molecule has 1 aromatic heterocycles. The van der Waals surface area contributed by atoms with E-state index < -0.39 is 5.60 Å². The lowest BCUT2D eigenvalue weighted by molar-refractivity contribution is -0.0138. The Hall–Kier alpha value is -3.13. The van der Waals surface area contributed by atoms with Gasteiger partial charge in [-0.2, -0.15) is 0 Å². The predicted octanol–water partition coefficient (Wildman–Crippen LogP) is 3.17. The first-order valence-electron chi connectivity index (χ1n) is 8.11. The molecule has 1 unspecified atom stereocenters. The van der Waals surface area contributed by atoms with E-state index in [1.807, 2.05) is 43.3 Å². The van der Waals surface area contributed by atoms with Gasteiger partial charge in [-0.15, -0.1) is 0 Å². The van der Waals surface area contributed by atoms with Gasteiger partial charge in [-0.3, -0.25) is 0 Å². The third kappa shape index (κ3) is 2.76. The van der Waals surface area contributed by atoms with E-state index in [0.29, 0.717) is 12.8 Å². The van der Waals surface area contributed by atoms with E-state index in [2.05, 4.69) is 33.2 Å². The smallest absolute Gasteiger partial charge is 0.175 e. The number of nitrogens with zero attached hydrogens (tertiary/aromatic N) is 3. The summed E-state index contributed by atoms with van der Waals surface area (Å²) in [5.41, 5.74) is 4.88. The van der Waals surface area contributed by atoms with Crippen LogP contribution in [0.3, 0.4) is 0 Å². The number of hydrogen-bond donors (Lipinski definition) is 0. The zero-order valence-electron chi connectivity index (χ0n) is 14.1. The number of rotatable bonds is 1. The second-order valence-corrected chi connectivity index (χ2v) is 6.16. The van der Waals surface area contributed by atoms with Gasteiger partial charge >= 0.3 is 0 Å². The largest absolute Gasteiger partial charge is 0.399 e. The van der Waals surface area contributed by atoms with Gasteiger partial charge in [-0.25, -0.2) is 4.98 Å². The normalized spacial score (nSPS) is 22.2. The Morgan fingerprint density at radius 1 is 1.12 bits per heavy atom. The first-order chi connectivity index (χ1) is 12.2. The van der Waals surface area contributed by atoms with Crippen LogP contribution in [0, 0.1) is 18.8 Å². The quantitative estimate of drug-likeness (QED) is 0.596. The third-order valence-corrected chi connectivity index (χ3v) is 4.39. The van der Waals surface area contributed by atoms with Gasteiger partial charge in [-0.1, -0.05) is 40.6 Å². The minimum Gasteiger partial charge on any atom is -0.399 e. The molecular formula is C20H17N3O2. The molecule has 0 N–H and O–H groups in total. The molecule has 1 aliphatic carbocycles. The Balaban J connectivity index is 1.61. The lowest BCUT2D eigenvalue weighted by Gasteiger charge is -2.20. The van der Waals surface area contributed by atoms with E-state index in [1.165, 1.54) is 0 Å². The van der Waals surface area contributed by atoms with Crippen molar-refractivity contribution in [3.8, 4) is 11.8 Å². The summed E-state index contributed by atoms with van der Waals surface area (Å²) in [7, 11) is 1.55. The molecule has 5 nitrogen and oxygen atoms in total. The maximum absolute atomic E-state index is 5.86. The fourth-order valence-electron chi connectivity index (χ4n) is 3.32. The van der Waals surface area contributed by atoms with Gasteiger partial charge in [0.1, 0.15) is 18.5 Å². The molecule has 1 spiro atoms. The molecule has 5 heteroatoms. The number of aryl methyl sites for hydroxylation is 1. The van der Waals surface area contributed by atoms with Crippen LogP contribution in [0.25, 0.3) is 0 Å². The van der Waals surface area contributed by atoms with Crippen molar-refractivity contribution >= 4 is 11.4 Å². The summed E-state index contributed by atoms with van der Waals surface area (Å²) < 4.78 is 0. The average molecular weight is 331 g/mol. The molecule has 25 heavy (non-hydrogen) atoms. The number of pyridine rings is 1. The van der Waals surface area contributed by atoms with Crippen molar-refractivity contribution in [2.75, 3.05) is 7.11 Å². The van der Waals surface area contributed by atoms with E-state index in [0.717, 1.165) is 33.9 Å². The molecule has 1 aliphatic heterocycles. The second kappa shape index (κ2) is 6.06. The Kier molecular flexibility index (Phi) is 3.73. The Labute approximate surface area is 146 Å². The van der Waals surface area contributed by atoms with Gasteiger partial charge in [0.25, 0.3) is 0 Å². The van der Waals surface area contributed by atoms with Crippen LogP contribution in [0.15, 0.2) is 52.8 Å². The van der Waals surface area contributed by atoms with Crippen LogP contribution in [0.2, 0.25) is 0 Å². The molecule has 0 amide bonds. The van der Waals surface area contributed by atoms with Crippen molar-refractivity contribution in [1.29, 1.82) is 0 Å². The first-order valence-corrected chi connectivity index (χ1v) is 8.11. The summed E-state index contributed by atoms with van der Waals surface area (Å²) >= 11 is 0. The van der Waals surface area contributed by atoms with Crippen LogP contribution < -0.4 is 0 Å². The lowest BCUT2D eigenvalue weighted by Crippen LogP contribution is -2.23. The minimum atomic E-state index is -0.530. The molecule has 2 aromatic rings. The maximum atomic E-state index is 5.86. The SMILES string of the molecule is CO/N=C1/CC2(CC(C#Cc3cccc(C)n3)=NO2)c2ccccc21. The highest BCUT2D eigenvalue weighted by Crippen LogP contribution is 2.45. The fraction of sp³-hybridized carbons (Fsp3) is 0.250. The van der Waals surface area contributed by atoms with Gasteiger partial charge in [-0.05, 0) is 30.9 Å². The number of aromatic nitrogens is 1. The second-order valence-electron chi connectivity index (χ2n) is 6.16. The first kappa shape index (κ1) is 15.4. The van der Waals surface area contributed by atoms with Crippen molar-refractivity contribution in [1.82, 2.24) is 4.98 Å². The van der Waals surface area contributed by atoms with Gasteiger partial charge < -0.3 is 9.68 Å². The minimum absolute atomic E-state index is 0.530. The highest BCUT2D eigenvalue weighted by Gasteiger charge is 2.48. The summed E-state index contributed by atoms with van der Waals surface area (Å²) in [6.45, 7) is 1.95. The Morgan fingerprint density at radius 2 is 2.00 bits per heavy atom. The molecule has 0 bridgehead atoms. The van der Waals surface area contributed by atoms with Crippen molar-refractivity contribution < 1.29 is 9.68 Å². The van der Waals surface area contributed by atoms with Crippen molar-refractivity contribution in [3.05, 3.63) is 65.0 Å². The van der Waals surface area contributed by atoms with Crippen LogP contribution in [-0.2, 0) is 15.3 Å². The standard InChI is InChI=1S/C20H17N3O2/c1-14-6-5-7-15(21-14)10-11-16-12-20(25-22-16)13-19(23-24-2)17-8-3-4-9-18(17)20/h3-9H,12-13H2,1-2H3/b23-19-. The average Bonchev–Trinajstić information content (AvgIpc) is 3.17. The van der Waals surface area contributed by atoms with Crippen molar-refractivity contribution in [2.45, 2.75) is 25.4 Å². The molecule has 0 radical (unpaired) electrons. The summed E-state index contributed by atoms with van der Waals surface area (Å²) in [6, 6.07) is 13.9. The molecule has 124 valence electrons. The molecule has 0 fully saturated rings. The van der Waals surface area contributed by atoms with Gasteiger partial charge in [0.2, 0.25) is 0 Å². The van der Waals surface area contributed by atoms with E-state index >= 15 is 0 Å². The fourth-order valence-corrected chi connectivity index (χ4v) is 3.32. The molecule has 4 rings (SSSR count). The van der Waals surface area contributed by atoms with E-state index in [9.17, 15) is 0 Å². The summed E-state index contributed by atoms with van der Waals surface area (Å²) in [6.07, 6.45) is 1.24. The predicted molar refractivity (Wildman–Crippen MR) is 95.3 cm³/mol. The molecule has 1 atom stereocenters. The molecule has 0 saturated carbocycles. The Bertz CT molecular complexity index is 953. The van der Waals surface area contributed by atoms with E-state index in [4.69, 9.17) is 9.68 Å². The summed E-state index contributed by atoms with van der Waals surface area (Å²) in [5.74, 6) is 6.16. The van der Waals surface area contributed by atoms with Gasteiger partial charge in [0.15, 0.2) is 5.60 Å². The third-order valence-electron chi connectivity index (χ3n) is 4.39. The highest BCUT2D eigenvalue weighted by atomic mass is 16.7. The zero-order valence-corrected chi connectivity index (χ0v) is 14.1. The number of fused-ring (bicyclic) bond motifs is 2. The maximum Gasteiger partial charge on any atom is 0.175 e. The molecule has 0 saturated heterocycles. The van der Waals surface area contributed by atoms with E-state index in [-0.39, 0.29) is 0 Å². The topological polar surface area (TPSA) is 56.1 Å².